The summed E-state index contributed by atoms with van der Waals surface area (Å²) in [6.45, 7) is 8.62. The smallest absolute Gasteiger partial charge is 0.115 e. The van der Waals surface area contributed by atoms with Crippen molar-refractivity contribution in [3.8, 4) is 5.75 Å². The number of nitrogens with zero attached hydrogens (tertiary/aromatic N) is 1. The molecule has 0 aliphatic heterocycles. The molecule has 1 rings (SSSR count). The summed E-state index contributed by atoms with van der Waals surface area (Å²) in [5.41, 5.74) is 1.24. The van der Waals surface area contributed by atoms with Crippen LogP contribution in [0.25, 0.3) is 0 Å². The van der Waals surface area contributed by atoms with Crippen molar-refractivity contribution in [3.63, 3.8) is 0 Å². The fraction of sp³-hybridized carbons (Fsp3) is 0.600. The molecule has 1 aromatic carbocycles. The van der Waals surface area contributed by atoms with Gasteiger partial charge in [-0.05, 0) is 45.0 Å². The fourth-order valence-corrected chi connectivity index (χ4v) is 1.88. The molecular weight excluding hydrogens is 224 g/mol. The predicted molar refractivity (Wildman–Crippen MR) is 76.9 cm³/mol. The first-order valence-electron chi connectivity index (χ1n) is 6.77. The van der Waals surface area contributed by atoms with Crippen LogP contribution in [0.5, 0.6) is 5.75 Å². The van der Waals surface area contributed by atoms with Crippen molar-refractivity contribution < 1.29 is 5.11 Å². The molecule has 102 valence electrons. The molecule has 0 saturated heterocycles. The first kappa shape index (κ1) is 15.0. The second-order valence-corrected chi connectivity index (χ2v) is 5.08. The van der Waals surface area contributed by atoms with Crippen LogP contribution in [0.4, 0.5) is 0 Å². The molecule has 0 bridgehead atoms. The highest BCUT2D eigenvalue weighted by Gasteiger charge is 2.09. The van der Waals surface area contributed by atoms with Crippen molar-refractivity contribution in [2.75, 3.05) is 20.1 Å². The lowest BCUT2D eigenvalue weighted by Gasteiger charge is -2.23. The first-order valence-corrected chi connectivity index (χ1v) is 6.77. The maximum atomic E-state index is 9.29. The Kier molecular flexibility index (Phi) is 6.16. The van der Waals surface area contributed by atoms with E-state index in [1.165, 1.54) is 5.56 Å². The van der Waals surface area contributed by atoms with Gasteiger partial charge in [0, 0.05) is 25.2 Å². The third-order valence-electron chi connectivity index (χ3n) is 3.44. The van der Waals surface area contributed by atoms with Crippen LogP contribution in [0.1, 0.15) is 38.8 Å². The van der Waals surface area contributed by atoms with Crippen LogP contribution in [0, 0.1) is 0 Å². The quantitative estimate of drug-likeness (QED) is 0.781. The van der Waals surface area contributed by atoms with Crippen molar-refractivity contribution in [1.82, 2.24) is 10.2 Å². The lowest BCUT2D eigenvalue weighted by Crippen LogP contribution is -2.35. The second-order valence-electron chi connectivity index (χ2n) is 5.08. The summed E-state index contributed by atoms with van der Waals surface area (Å²) in [6.07, 6.45) is 1.05. The third-order valence-corrected chi connectivity index (χ3v) is 3.44. The van der Waals surface area contributed by atoms with Crippen LogP contribution in [0.2, 0.25) is 0 Å². The van der Waals surface area contributed by atoms with E-state index in [9.17, 15) is 5.11 Å². The van der Waals surface area contributed by atoms with Gasteiger partial charge in [-0.2, -0.15) is 0 Å². The summed E-state index contributed by atoms with van der Waals surface area (Å²) in [7, 11) is 2.15. The standard InChI is InChI=1S/C15H26N2O/c1-5-15(13-6-8-14(18)9-7-13)16-10-11-17(4)12(2)3/h6-9,12,15-16,18H,5,10-11H2,1-4H3. The van der Waals surface area contributed by atoms with E-state index in [4.69, 9.17) is 0 Å². The largest absolute Gasteiger partial charge is 0.508 e. The molecule has 3 heteroatoms. The average Bonchev–Trinajstić information content (AvgIpc) is 2.35. The summed E-state index contributed by atoms with van der Waals surface area (Å²) in [5.74, 6) is 0.327. The van der Waals surface area contributed by atoms with E-state index in [1.54, 1.807) is 12.1 Å². The zero-order valence-electron chi connectivity index (χ0n) is 12.0. The maximum absolute atomic E-state index is 9.29. The van der Waals surface area contributed by atoms with Crippen molar-refractivity contribution in [1.29, 1.82) is 0 Å². The Balaban J connectivity index is 2.45. The van der Waals surface area contributed by atoms with Gasteiger partial charge in [-0.15, -0.1) is 0 Å². The molecule has 18 heavy (non-hydrogen) atoms. The van der Waals surface area contributed by atoms with E-state index >= 15 is 0 Å². The van der Waals surface area contributed by atoms with E-state index in [2.05, 4.69) is 38.0 Å². The topological polar surface area (TPSA) is 35.5 Å². The summed E-state index contributed by atoms with van der Waals surface area (Å²) in [4.78, 5) is 2.33. The zero-order chi connectivity index (χ0) is 13.5. The molecule has 3 nitrogen and oxygen atoms in total. The Morgan fingerprint density at radius 3 is 2.33 bits per heavy atom. The summed E-state index contributed by atoms with van der Waals surface area (Å²) >= 11 is 0. The van der Waals surface area contributed by atoms with E-state index in [1.807, 2.05) is 12.1 Å². The predicted octanol–water partition coefficient (Wildman–Crippen LogP) is 2.77. The lowest BCUT2D eigenvalue weighted by molar-refractivity contribution is 0.268. The highest BCUT2D eigenvalue weighted by atomic mass is 16.3. The Hall–Kier alpha value is -1.06. The number of rotatable bonds is 7. The Bertz CT molecular complexity index is 335. The van der Waals surface area contributed by atoms with Crippen LogP contribution >= 0.6 is 0 Å². The first-order chi connectivity index (χ1) is 8.54. The number of phenols is 1. The van der Waals surface area contributed by atoms with Gasteiger partial charge in [0.1, 0.15) is 5.75 Å². The molecular formula is C15H26N2O. The number of aromatic hydroxyl groups is 1. The molecule has 0 aromatic heterocycles. The number of nitrogens with one attached hydrogen (secondary N) is 1. The maximum Gasteiger partial charge on any atom is 0.115 e. The van der Waals surface area contributed by atoms with Crippen molar-refractivity contribution in [2.45, 2.75) is 39.3 Å². The number of benzene rings is 1. The summed E-state index contributed by atoms with van der Waals surface area (Å²) in [5, 5.41) is 12.9. The SMILES string of the molecule is CCC(NCCN(C)C(C)C)c1ccc(O)cc1. The minimum atomic E-state index is 0.327. The molecule has 0 amide bonds. The summed E-state index contributed by atoms with van der Waals surface area (Å²) in [6, 6.07) is 8.43. The average molecular weight is 250 g/mol. The number of hydrogen-bond acceptors (Lipinski definition) is 3. The van der Waals surface area contributed by atoms with Gasteiger partial charge in [0.05, 0.1) is 0 Å². The molecule has 1 atom stereocenters. The van der Waals surface area contributed by atoms with E-state index in [-0.39, 0.29) is 0 Å². The number of phenolic OH excluding ortho intramolecular Hbond substituents is 1. The lowest BCUT2D eigenvalue weighted by atomic mass is 10.0. The van der Waals surface area contributed by atoms with Gasteiger partial charge >= 0.3 is 0 Å². The molecule has 1 unspecified atom stereocenters. The fourth-order valence-electron chi connectivity index (χ4n) is 1.88. The highest BCUT2D eigenvalue weighted by Crippen LogP contribution is 2.19. The zero-order valence-corrected chi connectivity index (χ0v) is 12.0. The second kappa shape index (κ2) is 7.39. The molecule has 0 spiro atoms. The van der Waals surface area contributed by atoms with Crippen LogP contribution in [0.3, 0.4) is 0 Å². The molecule has 0 radical (unpaired) electrons. The normalized spacial score (nSPS) is 13.2. The molecule has 0 aliphatic rings. The van der Waals surface area contributed by atoms with E-state index in [0.29, 0.717) is 17.8 Å². The van der Waals surface area contributed by atoms with Gasteiger partial charge in [-0.1, -0.05) is 19.1 Å². The Morgan fingerprint density at radius 2 is 1.83 bits per heavy atom. The number of likely N-dealkylation sites (N-methyl/N-ethyl adjacent to an activating group) is 1. The van der Waals surface area contributed by atoms with Crippen LogP contribution in [-0.4, -0.2) is 36.2 Å². The summed E-state index contributed by atoms with van der Waals surface area (Å²) < 4.78 is 0. The van der Waals surface area contributed by atoms with Crippen molar-refractivity contribution in [3.05, 3.63) is 29.8 Å². The minimum absolute atomic E-state index is 0.327. The molecule has 0 saturated carbocycles. The Labute approximate surface area is 111 Å². The number of hydrogen-bond donors (Lipinski definition) is 2. The third kappa shape index (κ3) is 4.67. The van der Waals surface area contributed by atoms with E-state index in [0.717, 1.165) is 19.5 Å². The molecule has 1 aromatic rings. The molecule has 2 N–H and O–H groups in total. The monoisotopic (exact) mass is 250 g/mol. The minimum Gasteiger partial charge on any atom is -0.508 e. The Morgan fingerprint density at radius 1 is 1.22 bits per heavy atom. The molecule has 0 aliphatic carbocycles. The van der Waals surface area contributed by atoms with Crippen molar-refractivity contribution >= 4 is 0 Å². The van der Waals surface area contributed by atoms with Crippen LogP contribution < -0.4 is 5.32 Å². The van der Waals surface area contributed by atoms with Gasteiger partial charge in [0.2, 0.25) is 0 Å². The van der Waals surface area contributed by atoms with Crippen molar-refractivity contribution in [2.24, 2.45) is 0 Å². The van der Waals surface area contributed by atoms with Gasteiger partial charge < -0.3 is 15.3 Å². The van der Waals surface area contributed by atoms with Gasteiger partial charge in [-0.25, -0.2) is 0 Å². The van der Waals surface area contributed by atoms with Crippen LogP contribution in [-0.2, 0) is 0 Å². The molecule has 0 heterocycles. The van der Waals surface area contributed by atoms with Gasteiger partial charge in [0.25, 0.3) is 0 Å². The van der Waals surface area contributed by atoms with Gasteiger partial charge in [0.15, 0.2) is 0 Å². The van der Waals surface area contributed by atoms with Gasteiger partial charge in [-0.3, -0.25) is 0 Å². The van der Waals surface area contributed by atoms with Crippen LogP contribution in [0.15, 0.2) is 24.3 Å². The highest BCUT2D eigenvalue weighted by molar-refractivity contribution is 5.27. The van der Waals surface area contributed by atoms with E-state index < -0.39 is 0 Å². The molecule has 0 fully saturated rings.